The van der Waals surface area contributed by atoms with Crippen molar-refractivity contribution in [3.8, 4) is 0 Å². The van der Waals surface area contributed by atoms with Crippen LogP contribution in [0.1, 0.15) is 32.1 Å². The molecule has 2 unspecified atom stereocenters. The number of nitrogens with zero attached hydrogens (tertiary/aromatic N) is 1. The van der Waals surface area contributed by atoms with Gasteiger partial charge in [0, 0.05) is 25.6 Å². The van der Waals surface area contributed by atoms with Crippen molar-refractivity contribution in [3.63, 3.8) is 0 Å². The number of nitrogens with one attached hydrogen (secondary N) is 1. The quantitative estimate of drug-likeness (QED) is 0.805. The molecule has 2 heterocycles. The average Bonchev–Trinajstić information content (AvgIpc) is 3.11. The summed E-state index contributed by atoms with van der Waals surface area (Å²) >= 11 is 0. The summed E-state index contributed by atoms with van der Waals surface area (Å²) in [5.41, 5.74) is 0. The smallest absolute Gasteiger partial charge is 0.220 e. The van der Waals surface area contributed by atoms with E-state index in [-0.39, 0.29) is 11.9 Å². The van der Waals surface area contributed by atoms with E-state index in [0.29, 0.717) is 37.1 Å². The van der Waals surface area contributed by atoms with Gasteiger partial charge in [-0.3, -0.25) is 4.79 Å². The Morgan fingerprint density at radius 1 is 1.22 bits per heavy atom. The fourth-order valence-corrected chi connectivity index (χ4v) is 4.96. The first kappa shape index (κ1) is 12.4. The van der Waals surface area contributed by atoms with Gasteiger partial charge in [-0.2, -0.15) is 0 Å². The van der Waals surface area contributed by atoms with Gasteiger partial charge in [-0.15, -0.1) is 0 Å². The first-order chi connectivity index (χ1) is 8.54. The van der Waals surface area contributed by atoms with Gasteiger partial charge in [-0.1, -0.05) is 0 Å². The molecule has 2 atom stereocenters. The van der Waals surface area contributed by atoms with Crippen molar-refractivity contribution in [2.75, 3.05) is 18.8 Å². The fraction of sp³-hybridized carbons (Fsp3) is 0.917. The number of carbonyl (C=O) groups is 1. The van der Waals surface area contributed by atoms with E-state index >= 15 is 0 Å². The van der Waals surface area contributed by atoms with Crippen molar-refractivity contribution in [1.29, 1.82) is 0 Å². The van der Waals surface area contributed by atoms with Crippen LogP contribution in [0.15, 0.2) is 0 Å². The first-order valence-corrected chi connectivity index (χ1v) is 8.43. The van der Waals surface area contributed by atoms with E-state index in [1.807, 2.05) is 0 Å². The van der Waals surface area contributed by atoms with Crippen molar-refractivity contribution in [2.24, 2.45) is 11.8 Å². The number of piperidine rings is 2. The second-order valence-corrected chi connectivity index (χ2v) is 7.85. The van der Waals surface area contributed by atoms with E-state index in [1.165, 1.54) is 0 Å². The number of rotatable bonds is 3. The lowest BCUT2D eigenvalue weighted by atomic mass is 9.86. The predicted octanol–water partition coefficient (Wildman–Crippen LogP) is 0.327. The number of hydrogen-bond acceptors (Lipinski definition) is 3. The maximum Gasteiger partial charge on any atom is 0.220 e. The van der Waals surface area contributed by atoms with Gasteiger partial charge >= 0.3 is 0 Å². The van der Waals surface area contributed by atoms with Crippen LogP contribution in [0.2, 0.25) is 0 Å². The van der Waals surface area contributed by atoms with Crippen LogP contribution in [-0.2, 0) is 14.8 Å². The minimum Gasteiger partial charge on any atom is -0.353 e. The van der Waals surface area contributed by atoms with E-state index < -0.39 is 10.0 Å². The van der Waals surface area contributed by atoms with Crippen molar-refractivity contribution in [2.45, 2.75) is 38.1 Å². The van der Waals surface area contributed by atoms with Crippen LogP contribution in [0, 0.1) is 11.8 Å². The zero-order valence-electron chi connectivity index (χ0n) is 10.5. The number of amides is 1. The molecule has 1 amide bonds. The summed E-state index contributed by atoms with van der Waals surface area (Å²) in [5.74, 6) is 1.16. The number of sulfonamides is 1. The molecule has 2 saturated heterocycles. The second-order valence-electron chi connectivity index (χ2n) is 5.84. The van der Waals surface area contributed by atoms with E-state index in [9.17, 15) is 13.2 Å². The summed E-state index contributed by atoms with van der Waals surface area (Å²) in [6, 6.07) is 0.193. The maximum atomic E-state index is 12.2. The molecular formula is C12H20N2O3S. The zero-order chi connectivity index (χ0) is 12.8. The van der Waals surface area contributed by atoms with Gasteiger partial charge in [0.1, 0.15) is 0 Å². The monoisotopic (exact) mass is 272 g/mol. The van der Waals surface area contributed by atoms with Crippen LogP contribution in [-0.4, -0.2) is 43.5 Å². The Balaban J connectivity index is 1.64. The highest BCUT2D eigenvalue weighted by atomic mass is 32.2. The molecule has 3 aliphatic rings. The lowest BCUT2D eigenvalue weighted by molar-refractivity contribution is -0.124. The minimum absolute atomic E-state index is 0.116. The Morgan fingerprint density at radius 2 is 2.00 bits per heavy atom. The Bertz CT molecular complexity index is 444. The van der Waals surface area contributed by atoms with Gasteiger partial charge in [-0.25, -0.2) is 12.7 Å². The van der Waals surface area contributed by atoms with Crippen LogP contribution in [0.4, 0.5) is 0 Å². The fourth-order valence-electron chi connectivity index (χ4n) is 3.02. The topological polar surface area (TPSA) is 66.5 Å². The SMILES string of the molecule is O=C1CCC2CN(S(=O)(=O)CC3CC3)CCC2N1. The molecular weight excluding hydrogens is 252 g/mol. The Hall–Kier alpha value is -0.620. The lowest BCUT2D eigenvalue weighted by Crippen LogP contribution is -2.55. The van der Waals surface area contributed by atoms with Gasteiger partial charge in [0.2, 0.25) is 15.9 Å². The van der Waals surface area contributed by atoms with Crippen molar-refractivity contribution in [1.82, 2.24) is 9.62 Å². The summed E-state index contributed by atoms with van der Waals surface area (Å²) in [6.45, 7) is 1.16. The van der Waals surface area contributed by atoms with Gasteiger partial charge in [0.15, 0.2) is 0 Å². The molecule has 0 aromatic heterocycles. The molecule has 6 heteroatoms. The van der Waals surface area contributed by atoms with Gasteiger partial charge < -0.3 is 5.32 Å². The lowest BCUT2D eigenvalue weighted by Gasteiger charge is -2.40. The van der Waals surface area contributed by atoms with Gasteiger partial charge in [0.25, 0.3) is 0 Å². The molecule has 5 nitrogen and oxygen atoms in total. The van der Waals surface area contributed by atoms with E-state index in [0.717, 1.165) is 25.7 Å². The maximum absolute atomic E-state index is 12.2. The first-order valence-electron chi connectivity index (χ1n) is 6.82. The minimum atomic E-state index is -3.06. The third-order valence-corrected chi connectivity index (χ3v) is 6.33. The summed E-state index contributed by atoms with van der Waals surface area (Å²) in [7, 11) is -3.06. The molecule has 0 aromatic carbocycles. The third kappa shape index (κ3) is 2.54. The third-order valence-electron chi connectivity index (χ3n) is 4.32. The van der Waals surface area contributed by atoms with E-state index in [2.05, 4.69) is 5.32 Å². The Kier molecular flexibility index (Phi) is 3.10. The molecule has 2 aliphatic heterocycles. The second kappa shape index (κ2) is 4.49. The Labute approximate surface area is 108 Å². The predicted molar refractivity (Wildman–Crippen MR) is 67.4 cm³/mol. The van der Waals surface area contributed by atoms with Gasteiger partial charge in [0.05, 0.1) is 5.75 Å². The molecule has 18 heavy (non-hydrogen) atoms. The van der Waals surface area contributed by atoms with Gasteiger partial charge in [-0.05, 0) is 37.5 Å². The molecule has 3 fully saturated rings. The molecule has 1 N–H and O–H groups in total. The number of fused-ring (bicyclic) bond motifs is 1. The van der Waals surface area contributed by atoms with Crippen molar-refractivity contribution < 1.29 is 13.2 Å². The largest absolute Gasteiger partial charge is 0.353 e. The number of hydrogen-bond donors (Lipinski definition) is 1. The summed E-state index contributed by atoms with van der Waals surface area (Å²) < 4.78 is 26.1. The van der Waals surface area contributed by atoms with Crippen LogP contribution >= 0.6 is 0 Å². The molecule has 102 valence electrons. The van der Waals surface area contributed by atoms with Crippen LogP contribution in [0.3, 0.4) is 0 Å². The molecule has 0 radical (unpaired) electrons. The van der Waals surface area contributed by atoms with Crippen LogP contribution in [0.25, 0.3) is 0 Å². The van der Waals surface area contributed by atoms with E-state index in [4.69, 9.17) is 0 Å². The van der Waals surface area contributed by atoms with Crippen LogP contribution in [0.5, 0.6) is 0 Å². The van der Waals surface area contributed by atoms with E-state index in [1.54, 1.807) is 4.31 Å². The molecule has 1 saturated carbocycles. The normalized spacial score (nSPS) is 33.9. The molecule has 0 spiro atoms. The standard InChI is InChI=1S/C12H20N2O3S/c15-12-4-3-10-7-14(6-5-11(10)13-12)18(16,17)8-9-1-2-9/h9-11H,1-8H2,(H,13,15). The Morgan fingerprint density at radius 3 is 2.72 bits per heavy atom. The molecule has 1 aliphatic carbocycles. The number of carbonyl (C=O) groups excluding carboxylic acids is 1. The van der Waals surface area contributed by atoms with Crippen LogP contribution < -0.4 is 5.32 Å². The highest BCUT2D eigenvalue weighted by Crippen LogP contribution is 2.33. The van der Waals surface area contributed by atoms with Crippen molar-refractivity contribution in [3.05, 3.63) is 0 Å². The van der Waals surface area contributed by atoms with Crippen molar-refractivity contribution >= 4 is 15.9 Å². The summed E-state index contributed by atoms with van der Waals surface area (Å²) in [5, 5.41) is 2.98. The highest BCUT2D eigenvalue weighted by molar-refractivity contribution is 7.89. The molecule has 0 bridgehead atoms. The highest BCUT2D eigenvalue weighted by Gasteiger charge is 2.39. The molecule has 3 rings (SSSR count). The zero-order valence-corrected chi connectivity index (χ0v) is 11.3. The molecule has 0 aromatic rings. The summed E-state index contributed by atoms with van der Waals surface area (Å²) in [6.07, 6.45) is 4.26. The average molecular weight is 272 g/mol. The summed E-state index contributed by atoms with van der Waals surface area (Å²) in [4.78, 5) is 11.3.